The van der Waals surface area contributed by atoms with Gasteiger partial charge in [0, 0.05) is 23.5 Å². The third-order valence-electron chi connectivity index (χ3n) is 6.15. The van der Waals surface area contributed by atoms with Gasteiger partial charge in [0.25, 0.3) is 10.0 Å². The van der Waals surface area contributed by atoms with E-state index in [1.165, 1.54) is 35.8 Å². The standard InChI is InChI=1S/C28H32ClN3O4S2/c1-5-26(28(34)30-3)31(18-21-8-10-22(29)11-9-21)27(33)19-32(23-12-6-20(2)7-13-23)38(35,36)25-16-14-24(37-4)15-17-25/h6-17,26H,5,18-19H2,1-4H3,(H,30,34)/t26-/m1/s1. The van der Waals surface area contributed by atoms with Gasteiger partial charge in [-0.3, -0.25) is 13.9 Å². The normalized spacial score (nSPS) is 12.0. The van der Waals surface area contributed by atoms with Crippen LogP contribution in [0, 0.1) is 6.92 Å². The van der Waals surface area contributed by atoms with Gasteiger partial charge in [-0.2, -0.15) is 0 Å². The van der Waals surface area contributed by atoms with Crippen molar-refractivity contribution in [2.75, 3.05) is 24.2 Å². The predicted octanol–water partition coefficient (Wildman–Crippen LogP) is 5.12. The molecule has 0 fully saturated rings. The zero-order valence-corrected chi connectivity index (χ0v) is 24.2. The van der Waals surface area contributed by atoms with Crippen molar-refractivity contribution in [2.45, 2.75) is 42.6 Å². The van der Waals surface area contributed by atoms with Crippen LogP contribution in [0.3, 0.4) is 0 Å². The van der Waals surface area contributed by atoms with Gasteiger partial charge in [0.05, 0.1) is 10.6 Å². The molecule has 0 spiro atoms. The van der Waals surface area contributed by atoms with Crippen molar-refractivity contribution in [1.29, 1.82) is 0 Å². The summed E-state index contributed by atoms with van der Waals surface area (Å²) in [7, 11) is -2.59. The van der Waals surface area contributed by atoms with Crippen molar-refractivity contribution < 1.29 is 18.0 Å². The van der Waals surface area contributed by atoms with Crippen molar-refractivity contribution in [1.82, 2.24) is 10.2 Å². The highest BCUT2D eigenvalue weighted by molar-refractivity contribution is 7.98. The first-order valence-electron chi connectivity index (χ1n) is 12.1. The number of nitrogens with one attached hydrogen (secondary N) is 1. The number of nitrogens with zero attached hydrogens (tertiary/aromatic N) is 2. The number of rotatable bonds is 11. The summed E-state index contributed by atoms with van der Waals surface area (Å²) >= 11 is 7.54. The summed E-state index contributed by atoms with van der Waals surface area (Å²) in [4.78, 5) is 29.0. The molecule has 0 bridgehead atoms. The number of aryl methyl sites for hydroxylation is 1. The number of likely N-dealkylation sites (N-methyl/N-ethyl adjacent to an activating group) is 1. The van der Waals surface area contributed by atoms with Gasteiger partial charge < -0.3 is 10.2 Å². The number of sulfonamides is 1. The minimum atomic E-state index is -4.10. The number of benzene rings is 3. The summed E-state index contributed by atoms with van der Waals surface area (Å²) in [6.45, 7) is 3.35. The fourth-order valence-corrected chi connectivity index (χ4v) is 5.94. The number of amides is 2. The number of hydrogen-bond acceptors (Lipinski definition) is 5. The molecule has 3 aromatic rings. The van der Waals surface area contributed by atoms with E-state index in [0.717, 1.165) is 20.3 Å². The van der Waals surface area contributed by atoms with E-state index in [0.29, 0.717) is 17.1 Å². The van der Waals surface area contributed by atoms with E-state index in [4.69, 9.17) is 11.6 Å². The van der Waals surface area contributed by atoms with Crippen LogP contribution in [0.1, 0.15) is 24.5 Å². The average Bonchev–Trinajstić information content (AvgIpc) is 2.92. The van der Waals surface area contributed by atoms with Crippen molar-refractivity contribution >= 4 is 50.9 Å². The van der Waals surface area contributed by atoms with Crippen LogP contribution in [0.2, 0.25) is 5.02 Å². The molecule has 0 heterocycles. The van der Waals surface area contributed by atoms with Crippen LogP contribution in [0.4, 0.5) is 5.69 Å². The summed E-state index contributed by atoms with van der Waals surface area (Å²) in [6, 6.07) is 19.7. The van der Waals surface area contributed by atoms with Gasteiger partial charge in [0.15, 0.2) is 0 Å². The van der Waals surface area contributed by atoms with Crippen LogP contribution in [0.25, 0.3) is 0 Å². The van der Waals surface area contributed by atoms with E-state index in [9.17, 15) is 18.0 Å². The van der Waals surface area contributed by atoms with Gasteiger partial charge in [-0.1, -0.05) is 48.4 Å². The van der Waals surface area contributed by atoms with E-state index < -0.39 is 28.5 Å². The number of halogens is 1. The van der Waals surface area contributed by atoms with Gasteiger partial charge in [0.2, 0.25) is 11.8 Å². The number of thioether (sulfide) groups is 1. The Bertz CT molecular complexity index is 1350. The molecule has 0 saturated carbocycles. The Morgan fingerprint density at radius 2 is 1.58 bits per heavy atom. The monoisotopic (exact) mass is 573 g/mol. The van der Waals surface area contributed by atoms with Crippen molar-refractivity contribution in [3.63, 3.8) is 0 Å². The quantitative estimate of drug-likeness (QED) is 0.322. The molecule has 3 aromatic carbocycles. The highest BCUT2D eigenvalue weighted by atomic mass is 35.5. The second-order valence-corrected chi connectivity index (χ2v) is 11.9. The van der Waals surface area contributed by atoms with Gasteiger partial charge >= 0.3 is 0 Å². The van der Waals surface area contributed by atoms with Gasteiger partial charge in [-0.25, -0.2) is 8.42 Å². The molecule has 10 heteroatoms. The van der Waals surface area contributed by atoms with Crippen molar-refractivity contribution in [3.8, 4) is 0 Å². The zero-order valence-electron chi connectivity index (χ0n) is 21.8. The number of hydrogen-bond donors (Lipinski definition) is 1. The van der Waals surface area contributed by atoms with Gasteiger partial charge in [-0.15, -0.1) is 11.8 Å². The molecule has 3 rings (SSSR count). The van der Waals surface area contributed by atoms with E-state index in [1.54, 1.807) is 60.7 Å². The first kappa shape index (κ1) is 29.5. The fraction of sp³-hybridized carbons (Fsp3) is 0.286. The smallest absolute Gasteiger partial charge is 0.264 e. The molecule has 1 N–H and O–H groups in total. The molecular weight excluding hydrogens is 542 g/mol. The molecule has 2 amide bonds. The second kappa shape index (κ2) is 13.2. The van der Waals surface area contributed by atoms with Crippen LogP contribution < -0.4 is 9.62 Å². The topological polar surface area (TPSA) is 86.8 Å². The molecule has 0 radical (unpaired) electrons. The molecule has 0 saturated heterocycles. The largest absolute Gasteiger partial charge is 0.357 e. The Hall–Kier alpha value is -3.01. The SMILES string of the molecule is CC[C@H](C(=O)NC)N(Cc1ccc(Cl)cc1)C(=O)CN(c1ccc(C)cc1)S(=O)(=O)c1ccc(SC)cc1. The van der Waals surface area contributed by atoms with Gasteiger partial charge in [-0.05, 0) is 73.7 Å². The summed E-state index contributed by atoms with van der Waals surface area (Å²) in [5.74, 6) is -0.826. The van der Waals surface area contributed by atoms with E-state index in [1.807, 2.05) is 20.1 Å². The molecule has 7 nitrogen and oxygen atoms in total. The third-order valence-corrected chi connectivity index (χ3v) is 8.93. The molecule has 0 aliphatic rings. The van der Waals surface area contributed by atoms with Crippen molar-refractivity contribution in [3.05, 3.63) is 88.9 Å². The highest BCUT2D eigenvalue weighted by Crippen LogP contribution is 2.27. The first-order chi connectivity index (χ1) is 18.1. The third kappa shape index (κ3) is 7.09. The van der Waals surface area contributed by atoms with Gasteiger partial charge in [0.1, 0.15) is 12.6 Å². The van der Waals surface area contributed by atoms with E-state index in [2.05, 4.69) is 5.32 Å². The van der Waals surface area contributed by atoms with Crippen LogP contribution in [0.15, 0.2) is 82.6 Å². The lowest BCUT2D eigenvalue weighted by Crippen LogP contribution is -2.51. The number of carbonyl (C=O) groups excluding carboxylic acids is 2. The Kier molecular flexibility index (Phi) is 10.2. The molecule has 0 aromatic heterocycles. The maximum atomic E-state index is 13.9. The van der Waals surface area contributed by atoms with Crippen LogP contribution in [-0.2, 0) is 26.2 Å². The molecule has 202 valence electrons. The number of anilines is 1. The summed E-state index contributed by atoms with van der Waals surface area (Å²) in [5.41, 5.74) is 2.08. The lowest BCUT2D eigenvalue weighted by atomic mass is 10.1. The van der Waals surface area contributed by atoms with Crippen LogP contribution in [0.5, 0.6) is 0 Å². The summed E-state index contributed by atoms with van der Waals surface area (Å²) in [6.07, 6.45) is 2.26. The first-order valence-corrected chi connectivity index (χ1v) is 15.1. The molecule has 0 aliphatic heterocycles. The molecule has 38 heavy (non-hydrogen) atoms. The predicted molar refractivity (Wildman–Crippen MR) is 154 cm³/mol. The maximum absolute atomic E-state index is 13.9. The summed E-state index contributed by atoms with van der Waals surface area (Å²) in [5, 5.41) is 3.17. The molecule has 1 atom stereocenters. The lowest BCUT2D eigenvalue weighted by Gasteiger charge is -2.33. The second-order valence-electron chi connectivity index (χ2n) is 8.71. The average molecular weight is 574 g/mol. The minimum absolute atomic E-state index is 0.0752. The summed E-state index contributed by atoms with van der Waals surface area (Å²) < 4.78 is 28.8. The molecular formula is C28H32ClN3O4S2. The lowest BCUT2D eigenvalue weighted by molar-refractivity contribution is -0.140. The Morgan fingerprint density at radius 3 is 2.11 bits per heavy atom. The zero-order chi connectivity index (χ0) is 27.9. The Labute approximate surface area is 234 Å². The van der Waals surface area contributed by atoms with E-state index >= 15 is 0 Å². The highest BCUT2D eigenvalue weighted by Gasteiger charge is 2.33. The Morgan fingerprint density at radius 1 is 0.974 bits per heavy atom. The van der Waals surface area contributed by atoms with E-state index in [-0.39, 0.29) is 17.3 Å². The van der Waals surface area contributed by atoms with Crippen LogP contribution >= 0.6 is 23.4 Å². The van der Waals surface area contributed by atoms with Crippen LogP contribution in [-0.4, -0.2) is 51.0 Å². The minimum Gasteiger partial charge on any atom is -0.357 e. The molecule has 0 unspecified atom stereocenters. The maximum Gasteiger partial charge on any atom is 0.264 e. The van der Waals surface area contributed by atoms with Crippen molar-refractivity contribution in [2.24, 2.45) is 0 Å². The molecule has 0 aliphatic carbocycles. The number of carbonyl (C=O) groups is 2. The Balaban J connectivity index is 2.04. The fourth-order valence-electron chi connectivity index (χ4n) is 3.99.